The SMILES string of the molecule is N#Cc1cccc(Nc2nccs2)c1. The third kappa shape index (κ3) is 1.90. The molecule has 0 fully saturated rings. The summed E-state index contributed by atoms with van der Waals surface area (Å²) in [5, 5.41) is 14.5. The van der Waals surface area contributed by atoms with E-state index in [9.17, 15) is 0 Å². The van der Waals surface area contributed by atoms with Gasteiger partial charge in [-0.2, -0.15) is 5.26 Å². The number of hydrogen-bond donors (Lipinski definition) is 1. The molecule has 1 heterocycles. The Bertz CT molecular complexity index is 456. The molecular weight excluding hydrogens is 194 g/mol. The van der Waals surface area contributed by atoms with E-state index >= 15 is 0 Å². The van der Waals surface area contributed by atoms with Crippen molar-refractivity contribution in [2.45, 2.75) is 0 Å². The zero-order chi connectivity index (χ0) is 9.80. The van der Waals surface area contributed by atoms with Crippen LogP contribution >= 0.6 is 11.3 Å². The van der Waals surface area contributed by atoms with Crippen LogP contribution < -0.4 is 5.32 Å². The summed E-state index contributed by atoms with van der Waals surface area (Å²) in [6.45, 7) is 0. The fourth-order valence-electron chi connectivity index (χ4n) is 1.08. The molecule has 0 aliphatic heterocycles. The first kappa shape index (κ1) is 8.73. The van der Waals surface area contributed by atoms with Gasteiger partial charge >= 0.3 is 0 Å². The van der Waals surface area contributed by atoms with Crippen LogP contribution in [0.3, 0.4) is 0 Å². The van der Waals surface area contributed by atoms with Crippen LogP contribution in [0.15, 0.2) is 35.8 Å². The Morgan fingerprint density at radius 3 is 3.07 bits per heavy atom. The van der Waals surface area contributed by atoms with Crippen molar-refractivity contribution in [2.24, 2.45) is 0 Å². The van der Waals surface area contributed by atoms with Gasteiger partial charge in [-0.25, -0.2) is 4.98 Å². The summed E-state index contributed by atoms with van der Waals surface area (Å²) in [4.78, 5) is 4.09. The summed E-state index contributed by atoms with van der Waals surface area (Å²) in [6.07, 6.45) is 1.74. The lowest BCUT2D eigenvalue weighted by molar-refractivity contribution is 1.39. The summed E-state index contributed by atoms with van der Waals surface area (Å²) in [5.41, 5.74) is 1.53. The molecule has 0 aliphatic carbocycles. The summed E-state index contributed by atoms with van der Waals surface area (Å²) in [6, 6.07) is 9.40. The average molecular weight is 201 g/mol. The van der Waals surface area contributed by atoms with Gasteiger partial charge in [0.25, 0.3) is 0 Å². The highest BCUT2D eigenvalue weighted by Crippen LogP contribution is 2.18. The van der Waals surface area contributed by atoms with Crippen LogP contribution in [0.1, 0.15) is 5.56 Å². The molecule has 68 valence electrons. The Labute approximate surface area is 85.7 Å². The third-order valence-corrected chi connectivity index (χ3v) is 2.36. The topological polar surface area (TPSA) is 48.7 Å². The van der Waals surface area contributed by atoms with Crippen molar-refractivity contribution in [3.8, 4) is 6.07 Å². The van der Waals surface area contributed by atoms with Crippen molar-refractivity contribution in [2.75, 3.05) is 5.32 Å². The van der Waals surface area contributed by atoms with Crippen molar-refractivity contribution in [3.63, 3.8) is 0 Å². The standard InChI is InChI=1S/C10H7N3S/c11-7-8-2-1-3-9(6-8)13-10-12-4-5-14-10/h1-6H,(H,12,13). The number of nitrogens with one attached hydrogen (secondary N) is 1. The third-order valence-electron chi connectivity index (χ3n) is 1.68. The molecule has 3 nitrogen and oxygen atoms in total. The Balaban J connectivity index is 2.22. The van der Waals surface area contributed by atoms with Gasteiger partial charge in [0.1, 0.15) is 0 Å². The van der Waals surface area contributed by atoms with Crippen LogP contribution in [0, 0.1) is 11.3 Å². The minimum Gasteiger partial charge on any atom is -0.332 e. The number of benzene rings is 1. The zero-order valence-electron chi connectivity index (χ0n) is 7.27. The zero-order valence-corrected chi connectivity index (χ0v) is 8.08. The summed E-state index contributed by atoms with van der Waals surface area (Å²) < 4.78 is 0. The molecule has 1 N–H and O–H groups in total. The number of rotatable bonds is 2. The Kier molecular flexibility index (Phi) is 2.43. The van der Waals surface area contributed by atoms with Gasteiger partial charge in [-0.15, -0.1) is 11.3 Å². The Morgan fingerprint density at radius 2 is 2.36 bits per heavy atom. The highest BCUT2D eigenvalue weighted by molar-refractivity contribution is 7.13. The maximum Gasteiger partial charge on any atom is 0.187 e. The van der Waals surface area contributed by atoms with Crippen molar-refractivity contribution < 1.29 is 0 Å². The predicted octanol–water partition coefficient (Wildman–Crippen LogP) is 2.76. The molecule has 4 heteroatoms. The summed E-state index contributed by atoms with van der Waals surface area (Å²) in [5.74, 6) is 0. The van der Waals surface area contributed by atoms with E-state index in [1.165, 1.54) is 11.3 Å². The van der Waals surface area contributed by atoms with Crippen LogP contribution in [0.25, 0.3) is 0 Å². The molecule has 0 amide bonds. The molecule has 0 spiro atoms. The Morgan fingerprint density at radius 1 is 1.43 bits per heavy atom. The number of nitriles is 1. The van der Waals surface area contributed by atoms with E-state index in [-0.39, 0.29) is 0 Å². The first-order chi connectivity index (χ1) is 6.88. The second-order valence-electron chi connectivity index (χ2n) is 2.65. The molecular formula is C10H7N3S. The largest absolute Gasteiger partial charge is 0.332 e. The average Bonchev–Trinajstić information content (AvgIpc) is 2.71. The minimum atomic E-state index is 0.645. The number of hydrogen-bond acceptors (Lipinski definition) is 4. The second kappa shape index (κ2) is 3.90. The molecule has 2 rings (SSSR count). The first-order valence-electron chi connectivity index (χ1n) is 4.05. The van der Waals surface area contributed by atoms with Crippen LogP contribution in [-0.4, -0.2) is 4.98 Å². The number of anilines is 2. The van der Waals surface area contributed by atoms with Crippen LogP contribution in [0.2, 0.25) is 0 Å². The van der Waals surface area contributed by atoms with E-state index in [2.05, 4.69) is 16.4 Å². The molecule has 0 radical (unpaired) electrons. The number of thiazole rings is 1. The van der Waals surface area contributed by atoms with E-state index in [0.717, 1.165) is 10.8 Å². The summed E-state index contributed by atoms with van der Waals surface area (Å²) in [7, 11) is 0. The van der Waals surface area contributed by atoms with Crippen LogP contribution in [0.4, 0.5) is 10.8 Å². The molecule has 1 aromatic carbocycles. The lowest BCUT2D eigenvalue weighted by Crippen LogP contribution is -1.89. The molecule has 0 aliphatic rings. The van der Waals surface area contributed by atoms with E-state index in [1.807, 2.05) is 17.5 Å². The maximum atomic E-state index is 8.70. The highest BCUT2D eigenvalue weighted by atomic mass is 32.1. The normalized spacial score (nSPS) is 9.36. The number of nitrogens with zero attached hydrogens (tertiary/aromatic N) is 2. The highest BCUT2D eigenvalue weighted by Gasteiger charge is 1.97. The first-order valence-corrected chi connectivity index (χ1v) is 4.93. The van der Waals surface area contributed by atoms with Gasteiger partial charge in [-0.05, 0) is 18.2 Å². The Hall–Kier alpha value is -1.86. The second-order valence-corrected chi connectivity index (χ2v) is 3.55. The van der Waals surface area contributed by atoms with Gasteiger partial charge in [0.2, 0.25) is 0 Å². The molecule has 0 saturated heterocycles. The molecule has 0 unspecified atom stereocenters. The van der Waals surface area contributed by atoms with Crippen molar-refractivity contribution in [1.29, 1.82) is 5.26 Å². The van der Waals surface area contributed by atoms with Crippen molar-refractivity contribution in [3.05, 3.63) is 41.4 Å². The smallest absolute Gasteiger partial charge is 0.187 e. The predicted molar refractivity (Wildman–Crippen MR) is 56.6 cm³/mol. The van der Waals surface area contributed by atoms with E-state index < -0.39 is 0 Å². The van der Waals surface area contributed by atoms with Gasteiger partial charge < -0.3 is 5.32 Å². The van der Waals surface area contributed by atoms with Crippen molar-refractivity contribution in [1.82, 2.24) is 4.98 Å². The lowest BCUT2D eigenvalue weighted by Gasteiger charge is -2.01. The van der Waals surface area contributed by atoms with E-state index in [0.29, 0.717) is 5.56 Å². The van der Waals surface area contributed by atoms with Gasteiger partial charge in [-0.3, -0.25) is 0 Å². The van der Waals surface area contributed by atoms with Crippen LogP contribution in [-0.2, 0) is 0 Å². The monoisotopic (exact) mass is 201 g/mol. The fraction of sp³-hybridized carbons (Fsp3) is 0. The molecule has 0 atom stereocenters. The molecule has 1 aromatic heterocycles. The van der Waals surface area contributed by atoms with Crippen molar-refractivity contribution >= 4 is 22.2 Å². The molecule has 0 saturated carbocycles. The minimum absolute atomic E-state index is 0.645. The number of aromatic nitrogens is 1. The molecule has 14 heavy (non-hydrogen) atoms. The fourth-order valence-corrected chi connectivity index (χ4v) is 1.62. The van der Waals surface area contributed by atoms with Gasteiger partial charge in [-0.1, -0.05) is 6.07 Å². The molecule has 0 bridgehead atoms. The van der Waals surface area contributed by atoms with Gasteiger partial charge in [0.05, 0.1) is 11.6 Å². The summed E-state index contributed by atoms with van der Waals surface area (Å²) >= 11 is 1.53. The lowest BCUT2D eigenvalue weighted by atomic mass is 10.2. The van der Waals surface area contributed by atoms with Gasteiger partial charge in [0.15, 0.2) is 5.13 Å². The maximum absolute atomic E-state index is 8.70. The van der Waals surface area contributed by atoms with Crippen LogP contribution in [0.5, 0.6) is 0 Å². The van der Waals surface area contributed by atoms with E-state index in [4.69, 9.17) is 5.26 Å². The molecule has 2 aromatic rings. The van der Waals surface area contributed by atoms with E-state index in [1.54, 1.807) is 18.3 Å². The van der Waals surface area contributed by atoms with Gasteiger partial charge in [0, 0.05) is 17.3 Å². The quantitative estimate of drug-likeness (QED) is 0.812.